The van der Waals surface area contributed by atoms with Crippen LogP contribution < -0.4 is 5.32 Å². The number of likely N-dealkylation sites (N-methyl/N-ethyl adjacent to an activating group) is 1. The molecule has 0 saturated heterocycles. The summed E-state index contributed by atoms with van der Waals surface area (Å²) in [6, 6.07) is 27.7. The molecule has 0 fully saturated rings. The number of carbonyl (C=O) groups is 2. The van der Waals surface area contributed by atoms with Crippen LogP contribution >= 0.6 is 11.8 Å². The largest absolute Gasteiger partial charge is 0.357 e. The molecular formula is C28H32N2O2S. The van der Waals surface area contributed by atoms with Crippen LogP contribution in [0.3, 0.4) is 0 Å². The second kappa shape index (κ2) is 12.9. The van der Waals surface area contributed by atoms with Gasteiger partial charge in [-0.1, -0.05) is 90.5 Å². The molecule has 0 heterocycles. The average molecular weight is 461 g/mol. The first-order valence-corrected chi connectivity index (χ1v) is 12.4. The van der Waals surface area contributed by atoms with Gasteiger partial charge in [-0.05, 0) is 23.6 Å². The maximum atomic E-state index is 13.4. The highest BCUT2D eigenvalue weighted by atomic mass is 32.2. The summed E-state index contributed by atoms with van der Waals surface area (Å²) in [5.74, 6) is 1.44. The molecule has 0 aliphatic rings. The molecule has 0 aliphatic carbocycles. The van der Waals surface area contributed by atoms with Crippen molar-refractivity contribution in [2.45, 2.75) is 38.1 Å². The van der Waals surface area contributed by atoms with Crippen molar-refractivity contribution in [2.75, 3.05) is 12.8 Å². The number of amides is 2. The number of hydrogen-bond acceptors (Lipinski definition) is 3. The summed E-state index contributed by atoms with van der Waals surface area (Å²) in [4.78, 5) is 28.1. The Morgan fingerprint density at radius 1 is 0.879 bits per heavy atom. The highest BCUT2D eigenvalue weighted by Crippen LogP contribution is 2.19. The fourth-order valence-corrected chi connectivity index (χ4v) is 4.69. The van der Waals surface area contributed by atoms with E-state index >= 15 is 0 Å². The van der Waals surface area contributed by atoms with Crippen LogP contribution in [0.25, 0.3) is 0 Å². The Labute approximate surface area is 201 Å². The smallest absolute Gasteiger partial charge is 0.242 e. The zero-order valence-corrected chi connectivity index (χ0v) is 20.2. The summed E-state index contributed by atoms with van der Waals surface area (Å²) >= 11 is 1.74. The number of rotatable bonds is 11. The van der Waals surface area contributed by atoms with E-state index in [-0.39, 0.29) is 11.8 Å². The Hall–Kier alpha value is -3.05. The molecule has 172 valence electrons. The van der Waals surface area contributed by atoms with Gasteiger partial charge in [-0.2, -0.15) is 11.8 Å². The lowest BCUT2D eigenvalue weighted by molar-refractivity contribution is -0.140. The Morgan fingerprint density at radius 3 is 2.15 bits per heavy atom. The van der Waals surface area contributed by atoms with E-state index in [1.165, 1.54) is 5.56 Å². The summed E-state index contributed by atoms with van der Waals surface area (Å²) in [5.41, 5.74) is 4.45. The van der Waals surface area contributed by atoms with Crippen LogP contribution in [0.15, 0.2) is 84.9 Å². The molecule has 0 saturated carbocycles. The molecule has 0 aromatic heterocycles. The number of hydrogen-bond donors (Lipinski definition) is 1. The van der Waals surface area contributed by atoms with Crippen LogP contribution in [-0.2, 0) is 28.3 Å². The van der Waals surface area contributed by atoms with Crippen LogP contribution in [-0.4, -0.2) is 35.6 Å². The summed E-state index contributed by atoms with van der Waals surface area (Å²) in [6.45, 7) is 2.45. The van der Waals surface area contributed by atoms with Gasteiger partial charge in [0.2, 0.25) is 11.8 Å². The van der Waals surface area contributed by atoms with E-state index in [4.69, 9.17) is 0 Å². The van der Waals surface area contributed by atoms with Gasteiger partial charge in [-0.25, -0.2) is 0 Å². The van der Waals surface area contributed by atoms with Gasteiger partial charge in [0.1, 0.15) is 6.04 Å². The number of nitrogens with one attached hydrogen (secondary N) is 1. The van der Waals surface area contributed by atoms with E-state index in [1.807, 2.05) is 73.7 Å². The van der Waals surface area contributed by atoms with Crippen molar-refractivity contribution in [1.82, 2.24) is 10.2 Å². The number of carbonyl (C=O) groups excluding carboxylic acids is 2. The normalized spacial score (nSPS) is 11.6. The third kappa shape index (κ3) is 7.79. The van der Waals surface area contributed by atoms with Gasteiger partial charge < -0.3 is 10.2 Å². The summed E-state index contributed by atoms with van der Waals surface area (Å²) < 4.78 is 0. The van der Waals surface area contributed by atoms with Crippen LogP contribution in [0.1, 0.15) is 28.7 Å². The minimum atomic E-state index is -0.565. The molecular weight excluding hydrogens is 428 g/mol. The number of aryl methyl sites for hydroxylation is 1. The Kier molecular flexibility index (Phi) is 9.58. The Bertz CT molecular complexity index is 1020. The molecule has 33 heavy (non-hydrogen) atoms. The molecule has 3 rings (SSSR count). The van der Waals surface area contributed by atoms with E-state index in [0.717, 1.165) is 22.4 Å². The molecule has 3 aromatic rings. The van der Waals surface area contributed by atoms with Crippen molar-refractivity contribution in [3.8, 4) is 0 Å². The molecule has 0 aliphatic heterocycles. The van der Waals surface area contributed by atoms with Crippen LogP contribution in [0.2, 0.25) is 0 Å². The molecule has 5 heteroatoms. The third-order valence-electron chi connectivity index (χ3n) is 5.52. The van der Waals surface area contributed by atoms with Gasteiger partial charge in [0.05, 0.1) is 0 Å². The first-order chi connectivity index (χ1) is 16.1. The molecule has 3 aromatic carbocycles. The molecule has 1 unspecified atom stereocenters. The van der Waals surface area contributed by atoms with Crippen molar-refractivity contribution in [3.63, 3.8) is 0 Å². The lowest BCUT2D eigenvalue weighted by Crippen LogP contribution is -2.49. The maximum Gasteiger partial charge on any atom is 0.242 e. The fraction of sp³-hybridized carbons (Fsp3) is 0.286. The van der Waals surface area contributed by atoms with Crippen LogP contribution in [0.4, 0.5) is 0 Å². The first-order valence-electron chi connectivity index (χ1n) is 11.3. The zero-order valence-electron chi connectivity index (χ0n) is 19.4. The Morgan fingerprint density at radius 2 is 1.52 bits per heavy atom. The monoisotopic (exact) mass is 460 g/mol. The molecule has 1 atom stereocenters. The minimum absolute atomic E-state index is 0.00148. The summed E-state index contributed by atoms with van der Waals surface area (Å²) in [7, 11) is 1.63. The highest BCUT2D eigenvalue weighted by Gasteiger charge is 2.29. The van der Waals surface area contributed by atoms with E-state index in [2.05, 4.69) is 23.5 Å². The van der Waals surface area contributed by atoms with E-state index < -0.39 is 6.04 Å². The van der Waals surface area contributed by atoms with Crippen molar-refractivity contribution in [3.05, 3.63) is 107 Å². The van der Waals surface area contributed by atoms with Crippen molar-refractivity contribution >= 4 is 23.6 Å². The van der Waals surface area contributed by atoms with Crippen molar-refractivity contribution in [2.24, 2.45) is 0 Å². The lowest BCUT2D eigenvalue weighted by atomic mass is 10.0. The molecule has 0 radical (unpaired) electrons. The van der Waals surface area contributed by atoms with Crippen molar-refractivity contribution < 1.29 is 9.59 Å². The van der Waals surface area contributed by atoms with Crippen LogP contribution in [0.5, 0.6) is 0 Å². The lowest BCUT2D eigenvalue weighted by Gasteiger charge is -2.31. The summed E-state index contributed by atoms with van der Waals surface area (Å²) in [6.07, 6.45) is 0.876. The molecule has 0 spiro atoms. The van der Waals surface area contributed by atoms with Gasteiger partial charge in [0.15, 0.2) is 0 Å². The topological polar surface area (TPSA) is 49.4 Å². The third-order valence-corrected chi connectivity index (χ3v) is 6.55. The SMILES string of the molecule is CNC(=O)C(Cc1ccccc1)N(Cc1cccc(C)c1)C(=O)CCSCc1ccccc1. The number of benzene rings is 3. The molecule has 2 amide bonds. The predicted molar refractivity (Wildman–Crippen MR) is 137 cm³/mol. The zero-order chi connectivity index (χ0) is 23.5. The second-order valence-electron chi connectivity index (χ2n) is 8.12. The second-order valence-corrected chi connectivity index (χ2v) is 9.22. The van der Waals surface area contributed by atoms with Gasteiger partial charge in [0.25, 0.3) is 0 Å². The average Bonchev–Trinajstić information content (AvgIpc) is 2.84. The minimum Gasteiger partial charge on any atom is -0.357 e. The van der Waals surface area contributed by atoms with E-state index in [0.29, 0.717) is 25.1 Å². The van der Waals surface area contributed by atoms with Gasteiger partial charge in [0, 0.05) is 37.9 Å². The van der Waals surface area contributed by atoms with Gasteiger partial charge in [-0.3, -0.25) is 9.59 Å². The van der Waals surface area contributed by atoms with E-state index in [9.17, 15) is 9.59 Å². The summed E-state index contributed by atoms with van der Waals surface area (Å²) in [5, 5.41) is 2.77. The van der Waals surface area contributed by atoms with Gasteiger partial charge in [-0.15, -0.1) is 0 Å². The van der Waals surface area contributed by atoms with Gasteiger partial charge >= 0.3 is 0 Å². The van der Waals surface area contributed by atoms with Crippen LogP contribution in [0, 0.1) is 6.92 Å². The number of nitrogens with zero attached hydrogens (tertiary/aromatic N) is 1. The molecule has 0 bridgehead atoms. The highest BCUT2D eigenvalue weighted by molar-refractivity contribution is 7.98. The number of thioether (sulfide) groups is 1. The molecule has 1 N–H and O–H groups in total. The Balaban J connectivity index is 1.75. The standard InChI is InChI=1S/C28H32N2O2S/c1-22-10-9-15-25(18-22)20-30(26(28(32)29-2)19-23-11-5-3-6-12-23)27(31)16-17-33-21-24-13-7-4-8-14-24/h3-15,18,26H,16-17,19-21H2,1-2H3,(H,29,32). The fourth-order valence-electron chi connectivity index (χ4n) is 3.80. The van der Waals surface area contributed by atoms with Crippen molar-refractivity contribution in [1.29, 1.82) is 0 Å². The quantitative estimate of drug-likeness (QED) is 0.410. The molecule has 4 nitrogen and oxygen atoms in total. The van der Waals surface area contributed by atoms with E-state index in [1.54, 1.807) is 23.7 Å². The maximum absolute atomic E-state index is 13.4. The first kappa shape index (κ1) is 24.6. The predicted octanol–water partition coefficient (Wildman–Crippen LogP) is 5.00.